The highest BCUT2D eigenvalue weighted by atomic mass is 16.5. The van der Waals surface area contributed by atoms with E-state index >= 15 is 0 Å². The van der Waals surface area contributed by atoms with Crippen molar-refractivity contribution in [3.05, 3.63) is 78.0 Å². The number of carbonyl (C=O) groups is 1. The molecule has 0 saturated carbocycles. The zero-order chi connectivity index (χ0) is 25.6. The average molecular weight is 503 g/mol. The van der Waals surface area contributed by atoms with E-state index in [-0.39, 0.29) is 17.9 Å². The number of anilines is 1. The number of aromatic nitrogens is 1. The van der Waals surface area contributed by atoms with Crippen molar-refractivity contribution in [2.24, 2.45) is 0 Å². The first-order valence-corrected chi connectivity index (χ1v) is 12.9. The largest absolute Gasteiger partial charge is 0.488 e. The molecule has 5 rings (SSSR count). The molecule has 8 nitrogen and oxygen atoms in total. The molecule has 0 atom stereocenters. The summed E-state index contributed by atoms with van der Waals surface area (Å²) in [5, 5.41) is 9.96. The van der Waals surface area contributed by atoms with Crippen LogP contribution in [-0.4, -0.2) is 78.3 Å². The van der Waals surface area contributed by atoms with Gasteiger partial charge in [-0.25, -0.2) is 4.98 Å². The number of aliphatic hydroxyl groups excluding tert-OH is 1. The molecule has 37 heavy (non-hydrogen) atoms. The normalized spacial score (nSPS) is 17.9. The maximum Gasteiger partial charge on any atom is 0.259 e. The van der Waals surface area contributed by atoms with Crippen LogP contribution < -0.4 is 14.4 Å². The number of para-hydroxylation sites is 3. The molecule has 0 spiro atoms. The lowest BCUT2D eigenvalue weighted by atomic mass is 10.0. The van der Waals surface area contributed by atoms with Gasteiger partial charge in [-0.05, 0) is 48.7 Å². The molecule has 1 amide bonds. The van der Waals surface area contributed by atoms with Gasteiger partial charge in [0, 0.05) is 58.2 Å². The van der Waals surface area contributed by atoms with Crippen LogP contribution in [-0.2, 0) is 6.54 Å². The first-order chi connectivity index (χ1) is 18.1. The van der Waals surface area contributed by atoms with Gasteiger partial charge in [0.1, 0.15) is 12.2 Å². The number of piperidine rings is 1. The number of hydrogen-bond donors (Lipinski definition) is 1. The molecule has 2 aliphatic heterocycles. The molecule has 1 aromatic heterocycles. The third-order valence-corrected chi connectivity index (χ3v) is 7.01. The number of carbonyl (C=O) groups excluding carboxylic acids is 1. The number of rotatable bonds is 3. The molecule has 0 radical (unpaired) electrons. The predicted molar refractivity (Wildman–Crippen MR) is 142 cm³/mol. The maximum atomic E-state index is 13.3. The number of benzene rings is 2. The first kappa shape index (κ1) is 25.0. The van der Waals surface area contributed by atoms with Crippen molar-refractivity contribution in [3.8, 4) is 17.4 Å². The Morgan fingerprint density at radius 3 is 2.51 bits per heavy atom. The summed E-state index contributed by atoms with van der Waals surface area (Å²) in [7, 11) is 1.81. The third-order valence-electron chi connectivity index (χ3n) is 7.01. The molecule has 0 bridgehead atoms. The monoisotopic (exact) mass is 502 g/mol. The number of nitrogens with zero attached hydrogens (tertiary/aromatic N) is 4. The highest BCUT2D eigenvalue weighted by Crippen LogP contribution is 2.32. The lowest BCUT2D eigenvalue weighted by Gasteiger charge is -2.34. The van der Waals surface area contributed by atoms with Gasteiger partial charge in [0.15, 0.2) is 11.5 Å². The summed E-state index contributed by atoms with van der Waals surface area (Å²) in [5.74, 6) is 1.28. The number of fused-ring (bicyclic) bond motifs is 2. The molecule has 0 unspecified atom stereocenters. The van der Waals surface area contributed by atoms with Gasteiger partial charge in [-0.3, -0.25) is 9.69 Å². The Bertz CT molecular complexity index is 1210. The number of amides is 1. The summed E-state index contributed by atoms with van der Waals surface area (Å²) < 4.78 is 12.2. The number of hydrogen-bond acceptors (Lipinski definition) is 7. The molecule has 2 aromatic carbocycles. The molecule has 0 aliphatic carbocycles. The average Bonchev–Trinajstić information content (AvgIpc) is 2.93. The molecule has 2 aliphatic rings. The van der Waals surface area contributed by atoms with Gasteiger partial charge >= 0.3 is 0 Å². The van der Waals surface area contributed by atoms with E-state index in [9.17, 15) is 9.90 Å². The van der Waals surface area contributed by atoms with E-state index in [1.54, 1.807) is 23.2 Å². The fraction of sp³-hybridized carbons (Fsp3) is 0.379. The minimum atomic E-state index is -0.208. The van der Waals surface area contributed by atoms with Crippen molar-refractivity contribution in [2.45, 2.75) is 25.5 Å². The van der Waals surface area contributed by atoms with E-state index < -0.39 is 0 Å². The lowest BCUT2D eigenvalue weighted by molar-refractivity contribution is 0.0770. The Labute approximate surface area is 218 Å². The standard InChI is InChI=1S/C29H34N4O4/c1-31-17-18-32(21-22-7-2-3-9-25(22)33-15-12-23(34)13-16-33)19-20-36-26-10-4-5-11-27(26)37-28-24(29(31)35)8-6-14-30-28/h2-11,14,23,34H,12-13,15-21H2,1H3. The molecule has 3 heterocycles. The van der Waals surface area contributed by atoms with Crippen LogP contribution in [0.15, 0.2) is 66.9 Å². The fourth-order valence-electron chi connectivity index (χ4n) is 4.85. The van der Waals surface area contributed by atoms with Crippen LogP contribution in [0.1, 0.15) is 28.8 Å². The third kappa shape index (κ3) is 6.03. The SMILES string of the molecule is CN1CCN(Cc2ccccc2N2CCC(O)CC2)CCOc2ccccc2Oc2ncccc2C1=O. The van der Waals surface area contributed by atoms with E-state index in [4.69, 9.17) is 9.47 Å². The molecule has 194 valence electrons. The predicted octanol–water partition coefficient (Wildman–Crippen LogP) is 3.80. The number of ether oxygens (including phenoxy) is 2. The maximum absolute atomic E-state index is 13.3. The van der Waals surface area contributed by atoms with Gasteiger partial charge in [0.2, 0.25) is 5.88 Å². The fourth-order valence-corrected chi connectivity index (χ4v) is 4.85. The summed E-state index contributed by atoms with van der Waals surface area (Å²) in [6, 6.07) is 19.4. The van der Waals surface area contributed by atoms with E-state index in [1.165, 1.54) is 11.3 Å². The number of aliphatic hydroxyl groups is 1. The van der Waals surface area contributed by atoms with E-state index in [2.05, 4.69) is 39.0 Å². The Morgan fingerprint density at radius 2 is 1.68 bits per heavy atom. The number of likely N-dealkylation sites (N-methyl/N-ethyl adjacent to an activating group) is 1. The van der Waals surface area contributed by atoms with Gasteiger partial charge in [0.05, 0.1) is 6.10 Å². The summed E-state index contributed by atoms with van der Waals surface area (Å²) in [6.45, 7) is 4.84. The lowest BCUT2D eigenvalue weighted by Crippen LogP contribution is -2.39. The Morgan fingerprint density at radius 1 is 0.919 bits per heavy atom. The second-order valence-electron chi connectivity index (χ2n) is 9.60. The first-order valence-electron chi connectivity index (χ1n) is 12.9. The summed E-state index contributed by atoms with van der Waals surface area (Å²) >= 11 is 0. The zero-order valence-electron chi connectivity index (χ0n) is 21.3. The highest BCUT2D eigenvalue weighted by Gasteiger charge is 2.23. The van der Waals surface area contributed by atoms with Gasteiger partial charge in [-0.1, -0.05) is 30.3 Å². The van der Waals surface area contributed by atoms with Gasteiger partial charge in [-0.15, -0.1) is 0 Å². The van der Waals surface area contributed by atoms with Crippen LogP contribution in [0.5, 0.6) is 17.4 Å². The summed E-state index contributed by atoms with van der Waals surface area (Å²) in [4.78, 5) is 24.1. The smallest absolute Gasteiger partial charge is 0.259 e. The summed E-state index contributed by atoms with van der Waals surface area (Å²) in [6.07, 6.45) is 2.99. The molecule has 1 N–H and O–H groups in total. The van der Waals surface area contributed by atoms with Crippen LogP contribution in [0.4, 0.5) is 5.69 Å². The minimum Gasteiger partial charge on any atom is -0.488 e. The molecular formula is C29H34N4O4. The van der Waals surface area contributed by atoms with Gasteiger partial charge in [0.25, 0.3) is 5.91 Å². The van der Waals surface area contributed by atoms with Crippen molar-refractivity contribution in [1.29, 1.82) is 0 Å². The van der Waals surface area contributed by atoms with Crippen molar-refractivity contribution < 1.29 is 19.4 Å². The highest BCUT2D eigenvalue weighted by molar-refractivity contribution is 5.96. The van der Waals surface area contributed by atoms with Crippen molar-refractivity contribution in [3.63, 3.8) is 0 Å². The Balaban J connectivity index is 1.39. The van der Waals surface area contributed by atoms with Crippen LogP contribution in [0, 0.1) is 0 Å². The van der Waals surface area contributed by atoms with Gasteiger partial charge < -0.3 is 24.4 Å². The molecule has 1 fully saturated rings. The van der Waals surface area contributed by atoms with E-state index in [0.29, 0.717) is 43.3 Å². The molecule has 1 saturated heterocycles. The van der Waals surface area contributed by atoms with Crippen molar-refractivity contribution >= 4 is 11.6 Å². The van der Waals surface area contributed by atoms with Crippen molar-refractivity contribution in [2.75, 3.05) is 51.3 Å². The Kier molecular flexibility index (Phi) is 7.87. The van der Waals surface area contributed by atoms with Crippen LogP contribution >= 0.6 is 0 Å². The molecule has 3 aromatic rings. The summed E-state index contributed by atoms with van der Waals surface area (Å²) in [5.41, 5.74) is 2.86. The second-order valence-corrected chi connectivity index (χ2v) is 9.60. The molecule has 8 heteroatoms. The quantitative estimate of drug-likeness (QED) is 0.584. The Hall–Kier alpha value is -3.62. The zero-order valence-corrected chi connectivity index (χ0v) is 21.3. The van der Waals surface area contributed by atoms with Crippen molar-refractivity contribution in [1.82, 2.24) is 14.8 Å². The van der Waals surface area contributed by atoms with E-state index in [0.717, 1.165) is 32.5 Å². The van der Waals surface area contributed by atoms with Gasteiger partial charge in [-0.2, -0.15) is 0 Å². The topological polar surface area (TPSA) is 78.4 Å². The molecular weight excluding hydrogens is 468 g/mol. The van der Waals surface area contributed by atoms with Crippen LogP contribution in [0.25, 0.3) is 0 Å². The second kappa shape index (κ2) is 11.6. The van der Waals surface area contributed by atoms with Crippen LogP contribution in [0.3, 0.4) is 0 Å². The van der Waals surface area contributed by atoms with E-state index in [1.807, 2.05) is 31.3 Å². The minimum absolute atomic E-state index is 0.132. The van der Waals surface area contributed by atoms with Crippen LogP contribution in [0.2, 0.25) is 0 Å². The number of pyridine rings is 1.